The first kappa shape index (κ1) is 10.8. The Bertz CT molecular complexity index is 421. The predicted molar refractivity (Wildman–Crippen MR) is 58.1 cm³/mol. The van der Waals surface area contributed by atoms with E-state index < -0.39 is 10.7 Å². The van der Waals surface area contributed by atoms with Crippen molar-refractivity contribution in [1.82, 2.24) is 5.32 Å². The second-order valence-electron chi connectivity index (χ2n) is 3.82. The van der Waals surface area contributed by atoms with E-state index in [1.165, 1.54) is 12.1 Å². The van der Waals surface area contributed by atoms with Crippen LogP contribution in [0.4, 0.5) is 15.8 Å². The number of anilines is 1. The number of likely N-dealkylation sites (N-methyl/N-ethyl adjacent to an activating group) is 1. The molecule has 1 fully saturated rings. The van der Waals surface area contributed by atoms with Crippen LogP contribution >= 0.6 is 0 Å². The molecule has 1 aliphatic rings. The van der Waals surface area contributed by atoms with E-state index in [9.17, 15) is 14.5 Å². The fourth-order valence-corrected chi connectivity index (χ4v) is 1.64. The molecule has 1 N–H and O–H groups in total. The van der Waals surface area contributed by atoms with Gasteiger partial charge < -0.3 is 10.2 Å². The summed E-state index contributed by atoms with van der Waals surface area (Å²) in [6, 6.07) is 3.99. The average molecular weight is 225 g/mol. The molecule has 1 aliphatic heterocycles. The zero-order valence-corrected chi connectivity index (χ0v) is 8.81. The lowest BCUT2D eigenvalue weighted by atomic mass is 10.1. The molecule has 1 aromatic rings. The van der Waals surface area contributed by atoms with Crippen LogP contribution in [-0.4, -0.2) is 31.1 Å². The zero-order chi connectivity index (χ0) is 11.7. The highest BCUT2D eigenvalue weighted by Crippen LogP contribution is 2.25. The number of nitrogens with one attached hydrogen (secondary N) is 1. The summed E-state index contributed by atoms with van der Waals surface area (Å²) in [5.41, 5.74) is 0.179. The number of nitro groups is 1. The van der Waals surface area contributed by atoms with Gasteiger partial charge in [0.15, 0.2) is 5.82 Å². The molecule has 0 saturated carbocycles. The van der Waals surface area contributed by atoms with Gasteiger partial charge in [-0.1, -0.05) is 0 Å². The van der Waals surface area contributed by atoms with Crippen LogP contribution in [0, 0.1) is 15.9 Å². The highest BCUT2D eigenvalue weighted by atomic mass is 19.1. The largest absolute Gasteiger partial charge is 0.367 e. The lowest BCUT2D eigenvalue weighted by molar-refractivity contribution is -0.385. The third-order valence-electron chi connectivity index (χ3n) is 2.83. The SMILES string of the molecule is CN(c1ccc([N+](=O)[O-])cc1F)C1CNC1. The molecular formula is C10H12FN3O2. The van der Waals surface area contributed by atoms with Gasteiger partial charge in [-0.25, -0.2) is 4.39 Å². The fourth-order valence-electron chi connectivity index (χ4n) is 1.64. The first-order valence-electron chi connectivity index (χ1n) is 4.97. The molecule has 0 atom stereocenters. The van der Waals surface area contributed by atoms with E-state index in [1.54, 1.807) is 11.9 Å². The highest BCUT2D eigenvalue weighted by molar-refractivity contribution is 5.53. The van der Waals surface area contributed by atoms with E-state index in [2.05, 4.69) is 5.32 Å². The summed E-state index contributed by atoms with van der Waals surface area (Å²) in [7, 11) is 1.79. The van der Waals surface area contributed by atoms with Gasteiger partial charge in [-0.05, 0) is 6.07 Å². The van der Waals surface area contributed by atoms with E-state index in [1.807, 2.05) is 0 Å². The molecular weight excluding hydrogens is 213 g/mol. The minimum absolute atomic E-state index is 0.221. The van der Waals surface area contributed by atoms with Crippen LogP contribution in [0.2, 0.25) is 0 Å². The molecule has 0 unspecified atom stereocenters. The van der Waals surface area contributed by atoms with E-state index in [0.29, 0.717) is 5.69 Å². The van der Waals surface area contributed by atoms with Crippen molar-refractivity contribution in [3.05, 3.63) is 34.1 Å². The molecule has 6 heteroatoms. The first-order valence-corrected chi connectivity index (χ1v) is 4.97. The van der Waals surface area contributed by atoms with Gasteiger partial charge in [0.1, 0.15) is 0 Å². The maximum absolute atomic E-state index is 13.6. The van der Waals surface area contributed by atoms with Crippen LogP contribution in [0.1, 0.15) is 0 Å². The molecule has 0 radical (unpaired) electrons. The number of non-ortho nitro benzene ring substituents is 1. The molecule has 1 heterocycles. The van der Waals surface area contributed by atoms with Gasteiger partial charge in [0, 0.05) is 26.2 Å². The number of nitro benzene ring substituents is 1. The van der Waals surface area contributed by atoms with Crippen LogP contribution in [0.15, 0.2) is 18.2 Å². The summed E-state index contributed by atoms with van der Waals surface area (Å²) >= 11 is 0. The number of rotatable bonds is 3. The molecule has 16 heavy (non-hydrogen) atoms. The second kappa shape index (κ2) is 4.05. The third-order valence-corrected chi connectivity index (χ3v) is 2.83. The van der Waals surface area contributed by atoms with Crippen LogP contribution in [0.3, 0.4) is 0 Å². The van der Waals surface area contributed by atoms with Crippen molar-refractivity contribution in [3.8, 4) is 0 Å². The summed E-state index contributed by atoms with van der Waals surface area (Å²) in [6.45, 7) is 1.62. The normalized spacial score (nSPS) is 15.6. The second-order valence-corrected chi connectivity index (χ2v) is 3.82. The van der Waals surface area contributed by atoms with Crippen molar-refractivity contribution in [1.29, 1.82) is 0 Å². The van der Waals surface area contributed by atoms with Gasteiger partial charge in [-0.15, -0.1) is 0 Å². The third kappa shape index (κ3) is 1.83. The number of hydrogen-bond acceptors (Lipinski definition) is 4. The minimum Gasteiger partial charge on any atom is -0.367 e. The van der Waals surface area contributed by atoms with Gasteiger partial charge >= 0.3 is 0 Å². The van der Waals surface area contributed by atoms with E-state index in [-0.39, 0.29) is 11.7 Å². The van der Waals surface area contributed by atoms with Crippen LogP contribution in [0.25, 0.3) is 0 Å². The predicted octanol–water partition coefficient (Wildman–Crippen LogP) is 1.14. The summed E-state index contributed by atoms with van der Waals surface area (Å²) < 4.78 is 13.6. The van der Waals surface area contributed by atoms with E-state index >= 15 is 0 Å². The zero-order valence-electron chi connectivity index (χ0n) is 8.81. The lowest BCUT2D eigenvalue weighted by Gasteiger charge is -2.37. The number of nitrogens with zero attached hydrogens (tertiary/aromatic N) is 2. The Morgan fingerprint density at radius 2 is 2.25 bits per heavy atom. The lowest BCUT2D eigenvalue weighted by Crippen LogP contribution is -2.56. The van der Waals surface area contributed by atoms with E-state index in [0.717, 1.165) is 19.2 Å². The first-order chi connectivity index (χ1) is 7.59. The van der Waals surface area contributed by atoms with Crippen molar-refractivity contribution in [2.45, 2.75) is 6.04 Å². The molecule has 5 nitrogen and oxygen atoms in total. The Morgan fingerprint density at radius 3 is 2.69 bits per heavy atom. The van der Waals surface area contributed by atoms with Crippen molar-refractivity contribution in [2.75, 3.05) is 25.0 Å². The highest BCUT2D eigenvalue weighted by Gasteiger charge is 2.24. The Morgan fingerprint density at radius 1 is 1.56 bits per heavy atom. The minimum atomic E-state index is -0.599. The summed E-state index contributed by atoms with van der Waals surface area (Å²) in [5, 5.41) is 13.5. The van der Waals surface area contributed by atoms with Crippen molar-refractivity contribution in [2.24, 2.45) is 0 Å². The van der Waals surface area contributed by atoms with Gasteiger partial charge in [0.2, 0.25) is 0 Å². The maximum Gasteiger partial charge on any atom is 0.272 e. The summed E-state index contributed by atoms with van der Waals surface area (Å²) in [6.07, 6.45) is 0. The monoisotopic (exact) mass is 225 g/mol. The standard InChI is InChI=1S/C10H12FN3O2/c1-13(8-5-12-6-8)10-3-2-7(14(15)16)4-9(10)11/h2-4,8,12H,5-6H2,1H3. The quantitative estimate of drug-likeness (QED) is 0.619. The Balaban J connectivity index is 2.24. The Hall–Kier alpha value is -1.69. The molecule has 0 amide bonds. The van der Waals surface area contributed by atoms with Crippen LogP contribution in [0.5, 0.6) is 0 Å². The molecule has 0 bridgehead atoms. The Kier molecular flexibility index (Phi) is 2.74. The summed E-state index contributed by atoms with van der Waals surface area (Å²) in [4.78, 5) is 11.7. The molecule has 2 rings (SSSR count). The van der Waals surface area contributed by atoms with Crippen LogP contribution < -0.4 is 10.2 Å². The topological polar surface area (TPSA) is 58.4 Å². The number of benzene rings is 1. The smallest absolute Gasteiger partial charge is 0.272 e. The molecule has 0 spiro atoms. The summed E-state index contributed by atoms with van der Waals surface area (Å²) in [5.74, 6) is -0.552. The van der Waals surface area contributed by atoms with Gasteiger partial charge in [0.05, 0.1) is 22.7 Å². The molecule has 1 saturated heterocycles. The molecule has 0 aliphatic carbocycles. The van der Waals surface area contributed by atoms with E-state index in [4.69, 9.17) is 0 Å². The molecule has 0 aromatic heterocycles. The maximum atomic E-state index is 13.6. The van der Waals surface area contributed by atoms with Gasteiger partial charge in [-0.3, -0.25) is 10.1 Å². The number of halogens is 1. The number of hydrogen-bond donors (Lipinski definition) is 1. The Labute approximate surface area is 92.0 Å². The van der Waals surface area contributed by atoms with Crippen molar-refractivity contribution < 1.29 is 9.31 Å². The van der Waals surface area contributed by atoms with Gasteiger partial charge in [-0.2, -0.15) is 0 Å². The van der Waals surface area contributed by atoms with Crippen molar-refractivity contribution >= 4 is 11.4 Å². The van der Waals surface area contributed by atoms with Crippen LogP contribution in [-0.2, 0) is 0 Å². The average Bonchev–Trinajstić information content (AvgIpc) is 2.14. The fraction of sp³-hybridized carbons (Fsp3) is 0.400. The molecule has 1 aromatic carbocycles. The molecule has 86 valence electrons. The van der Waals surface area contributed by atoms with Gasteiger partial charge in [0.25, 0.3) is 5.69 Å². The van der Waals surface area contributed by atoms with Crippen molar-refractivity contribution in [3.63, 3.8) is 0 Å².